The van der Waals surface area contributed by atoms with Crippen molar-refractivity contribution < 1.29 is 9.90 Å². The molecule has 1 aliphatic heterocycles. The normalized spacial score (nSPS) is 21.5. The molecule has 1 fully saturated rings. The highest BCUT2D eigenvalue weighted by atomic mass is 16.4. The molecule has 88 valence electrons. The number of carboxylic acids is 1. The van der Waals surface area contributed by atoms with Gasteiger partial charge in [0.2, 0.25) is 0 Å². The molecule has 15 heavy (non-hydrogen) atoms. The fourth-order valence-electron chi connectivity index (χ4n) is 1.98. The smallest absolute Gasteiger partial charge is 0.307 e. The minimum absolute atomic E-state index is 0.182. The van der Waals surface area contributed by atoms with Gasteiger partial charge in [-0.1, -0.05) is 13.3 Å². The van der Waals surface area contributed by atoms with Gasteiger partial charge in [0.1, 0.15) is 0 Å². The summed E-state index contributed by atoms with van der Waals surface area (Å²) in [6.45, 7) is 6.88. The molecule has 0 bridgehead atoms. The second-order valence-corrected chi connectivity index (χ2v) is 4.43. The molecule has 4 nitrogen and oxygen atoms in total. The lowest BCUT2D eigenvalue weighted by Gasteiger charge is -2.33. The highest BCUT2D eigenvalue weighted by molar-refractivity contribution is 5.70. The molecule has 0 aliphatic carbocycles. The van der Waals surface area contributed by atoms with Crippen molar-refractivity contribution in [1.82, 2.24) is 9.80 Å². The Morgan fingerprint density at radius 3 is 2.40 bits per heavy atom. The summed E-state index contributed by atoms with van der Waals surface area (Å²) in [5, 5.41) is 9.05. The topological polar surface area (TPSA) is 43.8 Å². The molecule has 1 N–H and O–H groups in total. The minimum atomic E-state index is -0.643. The third kappa shape index (κ3) is 4.18. The molecule has 1 unspecified atom stereocenters. The third-order valence-electron chi connectivity index (χ3n) is 3.06. The van der Waals surface area contributed by atoms with E-state index in [9.17, 15) is 4.79 Å². The van der Waals surface area contributed by atoms with Crippen LogP contribution >= 0.6 is 0 Å². The number of aliphatic carboxylic acids is 1. The van der Waals surface area contributed by atoms with Crippen LogP contribution in [-0.2, 0) is 4.79 Å². The predicted octanol–water partition coefficient (Wildman–Crippen LogP) is 0.735. The highest BCUT2D eigenvalue weighted by Gasteiger charge is 2.22. The molecule has 0 amide bonds. The van der Waals surface area contributed by atoms with Gasteiger partial charge in [-0.05, 0) is 13.5 Å². The lowest BCUT2D eigenvalue weighted by molar-refractivity contribution is -0.142. The second-order valence-electron chi connectivity index (χ2n) is 4.43. The van der Waals surface area contributed by atoms with Gasteiger partial charge in [0.05, 0.1) is 5.92 Å². The first-order valence-electron chi connectivity index (χ1n) is 5.77. The number of hydrogen-bond donors (Lipinski definition) is 1. The first-order chi connectivity index (χ1) is 7.13. The monoisotopic (exact) mass is 214 g/mol. The highest BCUT2D eigenvalue weighted by Crippen LogP contribution is 2.10. The average molecular weight is 214 g/mol. The van der Waals surface area contributed by atoms with Crippen LogP contribution in [0.25, 0.3) is 0 Å². The maximum absolute atomic E-state index is 11.0. The SMILES string of the molecule is CCCC(CN1CCN(C)CC1)C(=O)O. The largest absolute Gasteiger partial charge is 0.481 e. The molecule has 0 aromatic carbocycles. The second kappa shape index (κ2) is 6.08. The van der Waals surface area contributed by atoms with E-state index in [4.69, 9.17) is 5.11 Å². The molecule has 0 aromatic heterocycles. The fraction of sp³-hybridized carbons (Fsp3) is 0.909. The molecule has 0 saturated carbocycles. The van der Waals surface area contributed by atoms with Crippen LogP contribution in [0.1, 0.15) is 19.8 Å². The van der Waals surface area contributed by atoms with Crippen molar-refractivity contribution in [2.75, 3.05) is 39.8 Å². The average Bonchev–Trinajstić information content (AvgIpc) is 2.20. The maximum atomic E-state index is 11.0. The van der Waals surface area contributed by atoms with Gasteiger partial charge < -0.3 is 10.0 Å². The standard InChI is InChI=1S/C11H22N2O2/c1-3-4-10(11(14)15)9-13-7-5-12(2)6-8-13/h10H,3-9H2,1-2H3,(H,14,15). The van der Waals surface area contributed by atoms with Crippen LogP contribution in [0.5, 0.6) is 0 Å². The molecule has 0 spiro atoms. The van der Waals surface area contributed by atoms with Crippen molar-refractivity contribution in [3.05, 3.63) is 0 Å². The van der Waals surface area contributed by atoms with Gasteiger partial charge in [0.25, 0.3) is 0 Å². The molecule has 4 heteroatoms. The first-order valence-corrected chi connectivity index (χ1v) is 5.77. The van der Waals surface area contributed by atoms with Crippen LogP contribution in [-0.4, -0.2) is 60.6 Å². The van der Waals surface area contributed by atoms with Crippen molar-refractivity contribution in [3.63, 3.8) is 0 Å². The van der Waals surface area contributed by atoms with Gasteiger partial charge in [0.15, 0.2) is 0 Å². The number of piperazine rings is 1. The van der Waals surface area contributed by atoms with E-state index in [1.54, 1.807) is 0 Å². The first kappa shape index (κ1) is 12.5. The zero-order valence-electron chi connectivity index (χ0n) is 9.78. The zero-order chi connectivity index (χ0) is 11.3. The van der Waals surface area contributed by atoms with E-state index in [2.05, 4.69) is 16.8 Å². The lowest BCUT2D eigenvalue weighted by Crippen LogP contribution is -2.46. The summed E-state index contributed by atoms with van der Waals surface area (Å²) in [6.07, 6.45) is 1.74. The number of carboxylic acid groups (broad SMARTS) is 1. The van der Waals surface area contributed by atoms with Crippen LogP contribution in [0.4, 0.5) is 0 Å². The Morgan fingerprint density at radius 2 is 1.93 bits per heavy atom. The maximum Gasteiger partial charge on any atom is 0.307 e. The quantitative estimate of drug-likeness (QED) is 0.733. The number of carbonyl (C=O) groups is 1. The Bertz CT molecular complexity index is 201. The van der Waals surface area contributed by atoms with Gasteiger partial charge in [-0.3, -0.25) is 9.69 Å². The number of likely N-dealkylation sites (N-methyl/N-ethyl adjacent to an activating group) is 1. The Kier molecular flexibility index (Phi) is 5.05. The fourth-order valence-corrected chi connectivity index (χ4v) is 1.98. The Morgan fingerprint density at radius 1 is 1.33 bits per heavy atom. The van der Waals surface area contributed by atoms with E-state index >= 15 is 0 Å². The van der Waals surface area contributed by atoms with E-state index in [0.29, 0.717) is 0 Å². The number of hydrogen-bond acceptors (Lipinski definition) is 3. The summed E-state index contributed by atoms with van der Waals surface area (Å²) >= 11 is 0. The minimum Gasteiger partial charge on any atom is -0.481 e. The van der Waals surface area contributed by atoms with Crippen molar-refractivity contribution in [2.45, 2.75) is 19.8 Å². The van der Waals surface area contributed by atoms with E-state index in [1.807, 2.05) is 6.92 Å². The molecule has 0 aromatic rings. The predicted molar refractivity (Wildman–Crippen MR) is 60.0 cm³/mol. The Balaban J connectivity index is 2.34. The van der Waals surface area contributed by atoms with Crippen molar-refractivity contribution in [3.8, 4) is 0 Å². The Hall–Kier alpha value is -0.610. The summed E-state index contributed by atoms with van der Waals surface area (Å²) < 4.78 is 0. The van der Waals surface area contributed by atoms with Gasteiger partial charge in [-0.15, -0.1) is 0 Å². The van der Waals surface area contributed by atoms with Gasteiger partial charge in [0, 0.05) is 32.7 Å². The van der Waals surface area contributed by atoms with E-state index < -0.39 is 5.97 Å². The zero-order valence-corrected chi connectivity index (χ0v) is 9.78. The van der Waals surface area contributed by atoms with Crippen LogP contribution in [0.2, 0.25) is 0 Å². The molecular formula is C11H22N2O2. The molecule has 1 heterocycles. The van der Waals surface area contributed by atoms with Crippen molar-refractivity contribution in [1.29, 1.82) is 0 Å². The van der Waals surface area contributed by atoms with Crippen LogP contribution < -0.4 is 0 Å². The van der Waals surface area contributed by atoms with Crippen molar-refractivity contribution in [2.24, 2.45) is 5.92 Å². The Labute approximate surface area is 91.9 Å². The van der Waals surface area contributed by atoms with Gasteiger partial charge in [-0.2, -0.15) is 0 Å². The third-order valence-corrected chi connectivity index (χ3v) is 3.06. The lowest BCUT2D eigenvalue weighted by atomic mass is 10.0. The summed E-state index contributed by atoms with van der Waals surface area (Å²) in [5.41, 5.74) is 0. The summed E-state index contributed by atoms with van der Waals surface area (Å²) in [6, 6.07) is 0. The molecule has 1 aliphatic rings. The van der Waals surface area contributed by atoms with E-state index in [1.165, 1.54) is 0 Å². The van der Waals surface area contributed by atoms with Crippen molar-refractivity contribution >= 4 is 5.97 Å². The van der Waals surface area contributed by atoms with Crippen LogP contribution in [0, 0.1) is 5.92 Å². The number of nitrogens with zero attached hydrogens (tertiary/aromatic N) is 2. The summed E-state index contributed by atoms with van der Waals surface area (Å²) in [5.74, 6) is -0.825. The molecule has 1 rings (SSSR count). The van der Waals surface area contributed by atoms with Crippen LogP contribution in [0.3, 0.4) is 0 Å². The molecule has 1 atom stereocenters. The summed E-state index contributed by atoms with van der Waals surface area (Å²) in [7, 11) is 2.11. The molecule has 0 radical (unpaired) electrons. The van der Waals surface area contributed by atoms with Gasteiger partial charge >= 0.3 is 5.97 Å². The molecular weight excluding hydrogens is 192 g/mol. The summed E-state index contributed by atoms with van der Waals surface area (Å²) in [4.78, 5) is 15.5. The molecule has 1 saturated heterocycles. The van der Waals surface area contributed by atoms with Gasteiger partial charge in [-0.25, -0.2) is 0 Å². The van der Waals surface area contributed by atoms with E-state index in [0.717, 1.165) is 45.6 Å². The van der Waals surface area contributed by atoms with Crippen LogP contribution in [0.15, 0.2) is 0 Å². The van der Waals surface area contributed by atoms with E-state index in [-0.39, 0.29) is 5.92 Å². The number of rotatable bonds is 5.